The van der Waals surface area contributed by atoms with Crippen LogP contribution in [0.5, 0.6) is 11.6 Å². The van der Waals surface area contributed by atoms with Crippen molar-refractivity contribution in [3.63, 3.8) is 0 Å². The van der Waals surface area contributed by atoms with E-state index < -0.39 is 17.8 Å². The number of rotatable bonds is 3. The number of hydrogen-bond acceptors (Lipinski definition) is 4. The van der Waals surface area contributed by atoms with Crippen LogP contribution in [0.25, 0.3) is 0 Å². The van der Waals surface area contributed by atoms with Gasteiger partial charge in [0.1, 0.15) is 5.75 Å². The first-order valence-corrected chi connectivity index (χ1v) is 6.47. The van der Waals surface area contributed by atoms with Gasteiger partial charge in [-0.3, -0.25) is 0 Å². The first kappa shape index (κ1) is 15.5. The van der Waals surface area contributed by atoms with Crippen LogP contribution in [-0.4, -0.2) is 21.3 Å². The number of aromatic nitrogens is 2. The van der Waals surface area contributed by atoms with Crippen LogP contribution in [0.2, 0.25) is 0 Å². The Morgan fingerprint density at radius 3 is 2.43 bits per heavy atom. The Kier molecular flexibility index (Phi) is 4.30. The molecule has 0 unspecified atom stereocenters. The lowest BCUT2D eigenvalue weighted by Crippen LogP contribution is -2.09. The summed E-state index contributed by atoms with van der Waals surface area (Å²) in [6.45, 7) is 0. The van der Waals surface area contributed by atoms with Crippen LogP contribution in [0.3, 0.4) is 0 Å². The minimum Gasteiger partial charge on any atom is -0.478 e. The molecule has 0 amide bonds. The summed E-state index contributed by atoms with van der Waals surface area (Å²) in [7, 11) is 0. The second-order valence-electron chi connectivity index (χ2n) is 3.81. The predicted molar refractivity (Wildman–Crippen MR) is 73.2 cm³/mol. The zero-order chi connectivity index (χ0) is 15.6. The highest BCUT2D eigenvalue weighted by Crippen LogP contribution is 2.30. The van der Waals surface area contributed by atoms with Gasteiger partial charge in [0.25, 0.3) is 0 Å². The molecule has 0 bridgehead atoms. The number of benzene rings is 1. The van der Waals surface area contributed by atoms with E-state index in [-0.39, 0.29) is 17.2 Å². The molecular formula is C12H6F3IN2O3. The zero-order valence-corrected chi connectivity index (χ0v) is 12.2. The maximum atomic E-state index is 12.3. The van der Waals surface area contributed by atoms with Gasteiger partial charge in [0.2, 0.25) is 5.88 Å². The maximum absolute atomic E-state index is 12.3. The summed E-state index contributed by atoms with van der Waals surface area (Å²) in [5.41, 5.74) is -1.14. The molecule has 0 saturated carbocycles. The third-order valence-corrected chi connectivity index (χ3v) is 3.21. The summed E-state index contributed by atoms with van der Waals surface area (Å²) in [5.74, 6) is -1.14. The fourth-order valence-corrected chi connectivity index (χ4v) is 1.80. The third kappa shape index (κ3) is 3.80. The van der Waals surface area contributed by atoms with Crippen molar-refractivity contribution < 1.29 is 27.8 Å². The first-order valence-electron chi connectivity index (χ1n) is 5.39. The monoisotopic (exact) mass is 410 g/mol. The Balaban J connectivity index is 2.26. The highest BCUT2D eigenvalue weighted by Gasteiger charge is 2.33. The Bertz CT molecular complexity index is 674. The average molecular weight is 410 g/mol. The molecule has 0 atom stereocenters. The van der Waals surface area contributed by atoms with Crippen LogP contribution in [0, 0.1) is 3.57 Å². The Hall–Kier alpha value is -1.91. The normalized spacial score (nSPS) is 11.2. The van der Waals surface area contributed by atoms with Crippen molar-refractivity contribution in [2.75, 3.05) is 0 Å². The standard InChI is InChI=1S/C12H6F3IN2O3/c13-12(14,15)9-3-4-10(18-17-9)21-8-5-6(11(19)20)1-2-7(8)16/h1-5H,(H,19,20). The molecule has 1 aromatic heterocycles. The molecule has 0 aliphatic heterocycles. The largest absolute Gasteiger partial charge is 0.478 e. The molecule has 21 heavy (non-hydrogen) atoms. The lowest BCUT2D eigenvalue weighted by molar-refractivity contribution is -0.141. The number of ether oxygens (including phenoxy) is 1. The fourth-order valence-electron chi connectivity index (χ4n) is 1.35. The molecule has 1 aromatic carbocycles. The van der Waals surface area contributed by atoms with Crippen molar-refractivity contribution >= 4 is 28.6 Å². The second kappa shape index (κ2) is 5.84. The average Bonchev–Trinajstić information content (AvgIpc) is 2.40. The summed E-state index contributed by atoms with van der Waals surface area (Å²) in [6.07, 6.45) is -4.58. The molecule has 1 N–H and O–H groups in total. The van der Waals surface area contributed by atoms with Crippen LogP contribution < -0.4 is 4.74 Å². The molecule has 0 fully saturated rings. The first-order chi connectivity index (χ1) is 9.77. The molecule has 0 aliphatic carbocycles. The van der Waals surface area contributed by atoms with Crippen molar-refractivity contribution in [3.05, 3.63) is 45.2 Å². The number of aromatic carboxylic acids is 1. The van der Waals surface area contributed by atoms with Gasteiger partial charge in [-0.25, -0.2) is 4.79 Å². The minimum atomic E-state index is -4.58. The number of carbonyl (C=O) groups is 1. The molecule has 2 rings (SSSR count). The van der Waals surface area contributed by atoms with Crippen molar-refractivity contribution in [2.24, 2.45) is 0 Å². The van der Waals surface area contributed by atoms with Gasteiger partial charge in [-0.2, -0.15) is 13.2 Å². The smallest absolute Gasteiger partial charge is 0.435 e. The van der Waals surface area contributed by atoms with E-state index >= 15 is 0 Å². The lowest BCUT2D eigenvalue weighted by atomic mass is 10.2. The number of carboxylic acid groups (broad SMARTS) is 1. The molecule has 0 radical (unpaired) electrons. The van der Waals surface area contributed by atoms with E-state index in [1.165, 1.54) is 18.2 Å². The number of hydrogen-bond donors (Lipinski definition) is 1. The van der Waals surface area contributed by atoms with Gasteiger partial charge < -0.3 is 9.84 Å². The van der Waals surface area contributed by atoms with E-state index in [9.17, 15) is 18.0 Å². The van der Waals surface area contributed by atoms with E-state index in [0.29, 0.717) is 3.57 Å². The summed E-state index contributed by atoms with van der Waals surface area (Å²) < 4.78 is 42.9. The molecule has 1 heterocycles. The molecule has 110 valence electrons. The second-order valence-corrected chi connectivity index (χ2v) is 4.97. The topological polar surface area (TPSA) is 72.3 Å². The summed E-state index contributed by atoms with van der Waals surface area (Å²) in [4.78, 5) is 10.9. The Labute approximate surface area is 129 Å². The number of halogens is 4. The van der Waals surface area contributed by atoms with Gasteiger partial charge in [-0.05, 0) is 46.9 Å². The quantitative estimate of drug-likeness (QED) is 0.784. The van der Waals surface area contributed by atoms with Crippen molar-refractivity contribution in [3.8, 4) is 11.6 Å². The Morgan fingerprint density at radius 2 is 1.90 bits per heavy atom. The van der Waals surface area contributed by atoms with Crippen molar-refractivity contribution in [2.45, 2.75) is 6.18 Å². The SMILES string of the molecule is O=C(O)c1ccc(I)c(Oc2ccc(C(F)(F)F)nn2)c1. The van der Waals surface area contributed by atoms with Gasteiger partial charge in [0, 0.05) is 6.07 Å². The molecule has 0 aliphatic rings. The van der Waals surface area contributed by atoms with Gasteiger partial charge in [-0.1, -0.05) is 0 Å². The van der Waals surface area contributed by atoms with Crippen molar-refractivity contribution in [1.82, 2.24) is 10.2 Å². The van der Waals surface area contributed by atoms with Crippen molar-refractivity contribution in [1.29, 1.82) is 0 Å². The number of alkyl halides is 3. The lowest BCUT2D eigenvalue weighted by Gasteiger charge is -2.08. The molecule has 9 heteroatoms. The van der Waals surface area contributed by atoms with Gasteiger partial charge >= 0.3 is 12.1 Å². The number of carboxylic acids is 1. The minimum absolute atomic E-state index is 0.00899. The van der Waals surface area contributed by atoms with E-state index in [1.807, 2.05) is 22.6 Å². The van der Waals surface area contributed by atoms with Crippen LogP contribution in [0.1, 0.15) is 16.1 Å². The fraction of sp³-hybridized carbons (Fsp3) is 0.0833. The van der Waals surface area contributed by atoms with Gasteiger partial charge in [0.05, 0.1) is 9.13 Å². The summed E-state index contributed by atoms with van der Waals surface area (Å²) in [5, 5.41) is 15.2. The Morgan fingerprint density at radius 1 is 1.19 bits per heavy atom. The van der Waals surface area contributed by atoms with Crippen LogP contribution in [-0.2, 0) is 6.18 Å². The molecule has 2 aromatic rings. The van der Waals surface area contributed by atoms with Gasteiger partial charge in [0.15, 0.2) is 5.69 Å². The number of nitrogens with zero attached hydrogens (tertiary/aromatic N) is 2. The van der Waals surface area contributed by atoms with E-state index in [2.05, 4.69) is 10.2 Å². The molecular weight excluding hydrogens is 404 g/mol. The zero-order valence-electron chi connectivity index (χ0n) is 10.1. The van der Waals surface area contributed by atoms with E-state index in [4.69, 9.17) is 9.84 Å². The molecule has 5 nitrogen and oxygen atoms in total. The highest BCUT2D eigenvalue weighted by molar-refractivity contribution is 14.1. The maximum Gasteiger partial charge on any atom is 0.435 e. The molecule has 0 spiro atoms. The van der Waals surface area contributed by atoms with Crippen LogP contribution in [0.15, 0.2) is 30.3 Å². The van der Waals surface area contributed by atoms with E-state index in [1.54, 1.807) is 0 Å². The molecule has 0 saturated heterocycles. The van der Waals surface area contributed by atoms with Gasteiger partial charge in [-0.15, -0.1) is 10.2 Å². The third-order valence-electron chi connectivity index (χ3n) is 2.32. The summed E-state index contributed by atoms with van der Waals surface area (Å²) >= 11 is 1.90. The predicted octanol–water partition coefficient (Wildman–Crippen LogP) is 3.59. The highest BCUT2D eigenvalue weighted by atomic mass is 127. The van der Waals surface area contributed by atoms with Crippen LogP contribution >= 0.6 is 22.6 Å². The van der Waals surface area contributed by atoms with Crippen LogP contribution in [0.4, 0.5) is 13.2 Å². The summed E-state index contributed by atoms with van der Waals surface area (Å²) in [6, 6.07) is 5.89. The van der Waals surface area contributed by atoms with E-state index in [0.717, 1.165) is 12.1 Å².